The van der Waals surface area contributed by atoms with Gasteiger partial charge in [-0.25, -0.2) is 15.0 Å². The van der Waals surface area contributed by atoms with Crippen LogP contribution in [0.3, 0.4) is 0 Å². The van der Waals surface area contributed by atoms with E-state index >= 15 is 0 Å². The molecule has 0 aliphatic rings. The van der Waals surface area contributed by atoms with E-state index in [1.165, 1.54) is 16.3 Å². The molecule has 7 aromatic rings. The third-order valence-corrected chi connectivity index (χ3v) is 7.35. The van der Waals surface area contributed by atoms with Crippen LogP contribution in [-0.2, 0) is 0 Å². The van der Waals surface area contributed by atoms with Gasteiger partial charge in [0.05, 0.1) is 0 Å². The van der Waals surface area contributed by atoms with Gasteiger partial charge in [0, 0.05) is 27.1 Å². The highest BCUT2D eigenvalue weighted by atomic mass is 35.5. The fraction of sp³-hybridized carbons (Fsp3) is 0. The first-order valence-electron chi connectivity index (χ1n) is 12.8. The van der Waals surface area contributed by atoms with Crippen molar-refractivity contribution in [2.24, 2.45) is 0 Å². The molecule has 7 rings (SSSR count). The Balaban J connectivity index is 1.38. The second-order valence-corrected chi connectivity index (χ2v) is 9.82. The van der Waals surface area contributed by atoms with Crippen molar-refractivity contribution >= 4 is 33.1 Å². The first-order chi connectivity index (χ1) is 19.2. The van der Waals surface area contributed by atoms with E-state index in [-0.39, 0.29) is 0 Å². The van der Waals surface area contributed by atoms with Gasteiger partial charge in [-0.15, -0.1) is 0 Å². The average molecular weight is 520 g/mol. The van der Waals surface area contributed by atoms with Crippen molar-refractivity contribution in [1.82, 2.24) is 15.0 Å². The number of hydrogen-bond acceptors (Lipinski definition) is 3. The fourth-order valence-electron chi connectivity index (χ4n) is 5.08. The summed E-state index contributed by atoms with van der Waals surface area (Å²) < 4.78 is 0. The minimum absolute atomic E-state index is 0.616. The number of aromatic nitrogens is 3. The van der Waals surface area contributed by atoms with Crippen LogP contribution in [-0.4, -0.2) is 15.0 Å². The maximum Gasteiger partial charge on any atom is 0.164 e. The Morgan fingerprint density at radius 2 is 0.923 bits per heavy atom. The molecule has 0 saturated heterocycles. The molecule has 39 heavy (non-hydrogen) atoms. The van der Waals surface area contributed by atoms with Crippen LogP contribution in [0, 0.1) is 0 Å². The van der Waals surface area contributed by atoms with Gasteiger partial charge in [0.1, 0.15) is 0 Å². The smallest absolute Gasteiger partial charge is 0.164 e. The Labute approximate surface area is 231 Å². The SMILES string of the molecule is Clc1ccc(-c2nc(-c3ccccc3)nc(-c3ccc(-c4cccc5ccccc45)cc3)n2)c2ccccc12. The van der Waals surface area contributed by atoms with Gasteiger partial charge in [0.15, 0.2) is 17.5 Å². The molecule has 0 saturated carbocycles. The third-order valence-electron chi connectivity index (χ3n) is 7.02. The number of rotatable bonds is 4. The van der Waals surface area contributed by atoms with E-state index in [9.17, 15) is 0 Å². The molecule has 0 N–H and O–H groups in total. The Morgan fingerprint density at radius 1 is 0.359 bits per heavy atom. The zero-order chi connectivity index (χ0) is 26.2. The molecule has 0 aliphatic carbocycles. The average Bonchev–Trinajstić information content (AvgIpc) is 3.01. The van der Waals surface area contributed by atoms with E-state index in [4.69, 9.17) is 26.6 Å². The molecule has 0 radical (unpaired) electrons. The van der Waals surface area contributed by atoms with Crippen molar-refractivity contribution < 1.29 is 0 Å². The molecular formula is C35H22ClN3. The predicted molar refractivity (Wildman–Crippen MR) is 162 cm³/mol. The summed E-state index contributed by atoms with van der Waals surface area (Å²) in [5.41, 5.74) is 5.14. The lowest BCUT2D eigenvalue weighted by molar-refractivity contribution is 1.08. The van der Waals surface area contributed by atoms with Crippen molar-refractivity contribution in [3.05, 3.63) is 138 Å². The van der Waals surface area contributed by atoms with Gasteiger partial charge in [-0.3, -0.25) is 0 Å². The Hall–Kier alpha value is -4.86. The summed E-state index contributed by atoms with van der Waals surface area (Å²) in [5.74, 6) is 1.87. The van der Waals surface area contributed by atoms with Crippen LogP contribution in [0.1, 0.15) is 0 Å². The summed E-state index contributed by atoms with van der Waals surface area (Å²) in [6, 6.07) is 45.3. The molecule has 184 valence electrons. The third kappa shape index (κ3) is 4.33. The van der Waals surface area contributed by atoms with E-state index in [0.717, 1.165) is 33.0 Å². The van der Waals surface area contributed by atoms with Gasteiger partial charge in [-0.2, -0.15) is 0 Å². The molecule has 1 aromatic heterocycles. The molecule has 0 fully saturated rings. The minimum atomic E-state index is 0.616. The Morgan fingerprint density at radius 3 is 1.69 bits per heavy atom. The van der Waals surface area contributed by atoms with Gasteiger partial charge in [0.25, 0.3) is 0 Å². The number of hydrogen-bond donors (Lipinski definition) is 0. The van der Waals surface area contributed by atoms with Crippen molar-refractivity contribution in [1.29, 1.82) is 0 Å². The highest BCUT2D eigenvalue weighted by Gasteiger charge is 2.15. The number of fused-ring (bicyclic) bond motifs is 2. The standard InChI is InChI=1S/C35H22ClN3/c36-32-22-21-31(29-14-6-7-15-30(29)32)35-38-33(25-10-2-1-3-11-25)37-34(39-35)26-19-17-24(18-20-26)28-16-8-12-23-9-4-5-13-27(23)28/h1-22H. The molecule has 0 aliphatic heterocycles. The highest BCUT2D eigenvalue weighted by Crippen LogP contribution is 2.34. The first-order valence-corrected chi connectivity index (χ1v) is 13.2. The lowest BCUT2D eigenvalue weighted by Crippen LogP contribution is -2.00. The van der Waals surface area contributed by atoms with Crippen LogP contribution < -0.4 is 0 Å². The number of benzene rings is 6. The van der Waals surface area contributed by atoms with Crippen molar-refractivity contribution in [3.63, 3.8) is 0 Å². The fourth-order valence-corrected chi connectivity index (χ4v) is 5.30. The summed E-state index contributed by atoms with van der Waals surface area (Å²) in [7, 11) is 0. The van der Waals surface area contributed by atoms with Crippen LogP contribution in [0.25, 0.3) is 66.8 Å². The molecule has 0 atom stereocenters. The predicted octanol–water partition coefficient (Wildman–Crippen LogP) is 9.50. The zero-order valence-electron chi connectivity index (χ0n) is 20.9. The van der Waals surface area contributed by atoms with Crippen LogP contribution in [0.2, 0.25) is 5.02 Å². The van der Waals surface area contributed by atoms with Gasteiger partial charge >= 0.3 is 0 Å². The van der Waals surface area contributed by atoms with Crippen molar-refractivity contribution in [2.45, 2.75) is 0 Å². The van der Waals surface area contributed by atoms with Gasteiger partial charge in [-0.05, 0) is 39.4 Å². The molecule has 4 heteroatoms. The second-order valence-electron chi connectivity index (χ2n) is 9.42. The van der Waals surface area contributed by atoms with E-state index in [1.807, 2.05) is 60.7 Å². The lowest BCUT2D eigenvalue weighted by Gasteiger charge is -2.11. The molecule has 0 unspecified atom stereocenters. The summed E-state index contributed by atoms with van der Waals surface area (Å²) in [4.78, 5) is 14.8. The largest absolute Gasteiger partial charge is 0.208 e. The van der Waals surface area contributed by atoms with Crippen molar-refractivity contribution in [2.75, 3.05) is 0 Å². The molecular weight excluding hydrogens is 498 g/mol. The highest BCUT2D eigenvalue weighted by molar-refractivity contribution is 6.36. The van der Waals surface area contributed by atoms with Gasteiger partial charge < -0.3 is 0 Å². The topological polar surface area (TPSA) is 38.7 Å². The van der Waals surface area contributed by atoms with Crippen LogP contribution >= 0.6 is 11.6 Å². The van der Waals surface area contributed by atoms with Crippen LogP contribution in [0.5, 0.6) is 0 Å². The molecule has 0 amide bonds. The molecule has 6 aromatic carbocycles. The first kappa shape index (κ1) is 23.3. The van der Waals surface area contributed by atoms with E-state index in [2.05, 4.69) is 72.8 Å². The Kier molecular flexibility index (Phi) is 5.84. The quantitative estimate of drug-likeness (QED) is 0.232. The molecule has 3 nitrogen and oxygen atoms in total. The van der Waals surface area contributed by atoms with E-state index < -0.39 is 0 Å². The Bertz CT molecular complexity index is 1960. The minimum Gasteiger partial charge on any atom is -0.208 e. The van der Waals surface area contributed by atoms with Crippen LogP contribution in [0.4, 0.5) is 0 Å². The zero-order valence-corrected chi connectivity index (χ0v) is 21.7. The summed E-state index contributed by atoms with van der Waals surface area (Å²) in [6.07, 6.45) is 0. The molecule has 1 heterocycles. The maximum atomic E-state index is 6.52. The lowest BCUT2D eigenvalue weighted by atomic mass is 9.97. The number of nitrogens with zero attached hydrogens (tertiary/aromatic N) is 3. The maximum absolute atomic E-state index is 6.52. The monoisotopic (exact) mass is 519 g/mol. The second kappa shape index (κ2) is 9.79. The van der Waals surface area contributed by atoms with Gasteiger partial charge in [0.2, 0.25) is 0 Å². The van der Waals surface area contributed by atoms with Gasteiger partial charge in [-0.1, -0.05) is 133 Å². The van der Waals surface area contributed by atoms with Crippen molar-refractivity contribution in [3.8, 4) is 45.3 Å². The van der Waals surface area contributed by atoms with E-state index in [1.54, 1.807) is 0 Å². The molecule has 0 bridgehead atoms. The van der Waals surface area contributed by atoms with E-state index in [0.29, 0.717) is 22.5 Å². The summed E-state index contributed by atoms with van der Waals surface area (Å²) in [5, 5.41) is 5.14. The normalized spacial score (nSPS) is 11.2. The summed E-state index contributed by atoms with van der Waals surface area (Å²) >= 11 is 6.52. The molecule has 0 spiro atoms. The van der Waals surface area contributed by atoms with Crippen LogP contribution in [0.15, 0.2) is 133 Å². The summed E-state index contributed by atoms with van der Waals surface area (Å²) in [6.45, 7) is 0. The number of halogens is 1.